The maximum atomic E-state index is 0. The number of rotatable bonds is 0. The molecular weight excluding hydrogens is 227 g/mol. The van der Waals surface area contributed by atoms with E-state index in [1.807, 2.05) is 0 Å². The zero-order chi connectivity index (χ0) is 0. The Balaban J connectivity index is 0. The van der Waals surface area contributed by atoms with Gasteiger partial charge in [0, 0.05) is 84.2 Å². The molecule has 0 bridgehead atoms. The largest absolute Gasteiger partial charge is 0 e. The van der Waals surface area contributed by atoms with Crippen LogP contribution >= 0.6 is 0 Å². The SMILES string of the molecule is [Al].[Co].[Cr].[Y]. The van der Waals surface area contributed by atoms with E-state index in [9.17, 15) is 0 Å². The van der Waals surface area contributed by atoms with Crippen LogP contribution in [0, 0.1) is 0 Å². The van der Waals surface area contributed by atoms with Crippen molar-refractivity contribution in [1.29, 1.82) is 0 Å². The molecule has 0 saturated heterocycles. The van der Waals surface area contributed by atoms with Gasteiger partial charge in [-0.15, -0.1) is 0 Å². The van der Waals surface area contributed by atoms with Crippen LogP contribution in [0.25, 0.3) is 0 Å². The summed E-state index contributed by atoms with van der Waals surface area (Å²) in [6.45, 7) is 0. The molecule has 0 aliphatic carbocycles. The van der Waals surface area contributed by atoms with E-state index in [0.29, 0.717) is 0 Å². The standard InChI is InChI=1S/Al.Co.Cr.Y. The van der Waals surface area contributed by atoms with Gasteiger partial charge in [0.25, 0.3) is 0 Å². The second kappa shape index (κ2) is 17.3. The molecule has 0 N–H and O–H groups in total. The van der Waals surface area contributed by atoms with Crippen molar-refractivity contribution in [3.63, 3.8) is 0 Å². The van der Waals surface area contributed by atoms with Gasteiger partial charge in [0.15, 0.2) is 0 Å². The van der Waals surface area contributed by atoms with E-state index in [0.717, 1.165) is 0 Å². The molecule has 0 aromatic rings. The molecule has 4 heteroatoms. The Kier molecular flexibility index (Phi) is 130. The molecule has 0 aromatic carbocycles. The fraction of sp³-hybridized carbons (Fsp3) is 0. The summed E-state index contributed by atoms with van der Waals surface area (Å²) in [6, 6.07) is 0. The Morgan fingerprint density at radius 3 is 1.00 bits per heavy atom. The molecule has 5 radical (unpaired) electrons. The summed E-state index contributed by atoms with van der Waals surface area (Å²) in [5.41, 5.74) is 0. The summed E-state index contributed by atoms with van der Waals surface area (Å²) in [7, 11) is 0. The van der Waals surface area contributed by atoms with Gasteiger partial charge in [-0.05, 0) is 0 Å². The third-order valence-corrected chi connectivity index (χ3v) is 0. The maximum absolute atomic E-state index is 0. The monoisotopic (exact) mass is 227 g/mol. The van der Waals surface area contributed by atoms with Crippen molar-refractivity contribution in [2.75, 3.05) is 0 Å². The van der Waals surface area contributed by atoms with Crippen LogP contribution in [0.15, 0.2) is 0 Å². The van der Waals surface area contributed by atoms with E-state index in [-0.39, 0.29) is 84.2 Å². The van der Waals surface area contributed by atoms with Gasteiger partial charge in [-0.3, -0.25) is 0 Å². The smallest absolute Gasteiger partial charge is 0 e. The predicted molar refractivity (Wildman–Crippen MR) is 5.75 cm³/mol. The Hall–Kier alpha value is 2.68. The van der Waals surface area contributed by atoms with Crippen LogP contribution in [-0.4, -0.2) is 17.4 Å². The minimum Gasteiger partial charge on any atom is 0 e. The Bertz CT molecular complexity index is 8.00. The molecule has 0 unspecified atom stereocenters. The van der Waals surface area contributed by atoms with Crippen molar-refractivity contribution in [2.45, 2.75) is 0 Å². The summed E-state index contributed by atoms with van der Waals surface area (Å²) in [5, 5.41) is 0. The molecule has 0 amide bonds. The molecule has 0 fully saturated rings. The molecular formula is AlCoCrY. The van der Waals surface area contributed by atoms with Gasteiger partial charge in [-0.1, -0.05) is 0 Å². The summed E-state index contributed by atoms with van der Waals surface area (Å²) in [5.74, 6) is 0. The zero-order valence-corrected chi connectivity index (χ0v) is 8.21. The second-order valence-corrected chi connectivity index (χ2v) is 0. The third kappa shape index (κ3) is 8.82. The Morgan fingerprint density at radius 2 is 1.00 bits per heavy atom. The molecule has 0 atom stereocenters. The average molecular weight is 227 g/mol. The molecule has 0 rings (SSSR count). The molecule has 0 heterocycles. The number of hydrogen-bond donors (Lipinski definition) is 0. The van der Waals surface area contributed by atoms with Gasteiger partial charge in [0.1, 0.15) is 0 Å². The van der Waals surface area contributed by atoms with E-state index in [1.54, 1.807) is 0 Å². The predicted octanol–water partition coefficient (Wildman–Crippen LogP) is -0.388. The molecule has 0 saturated carbocycles. The topological polar surface area (TPSA) is 0 Å². The average Bonchev–Trinajstić information content (AvgIpc) is 0. The van der Waals surface area contributed by atoms with Gasteiger partial charge >= 0.3 is 0 Å². The van der Waals surface area contributed by atoms with E-state index in [2.05, 4.69) is 0 Å². The first kappa shape index (κ1) is 30.0. The van der Waals surface area contributed by atoms with Gasteiger partial charge in [-0.25, -0.2) is 0 Å². The molecule has 0 aliphatic heterocycles. The van der Waals surface area contributed by atoms with E-state index in [4.69, 9.17) is 0 Å². The molecule has 21 valence electrons. The molecule has 0 spiro atoms. The summed E-state index contributed by atoms with van der Waals surface area (Å²) in [4.78, 5) is 0. The van der Waals surface area contributed by atoms with Crippen LogP contribution in [0.2, 0.25) is 0 Å². The minimum absolute atomic E-state index is 0. The zero-order valence-electron chi connectivity index (χ0n) is 1.90. The second-order valence-electron chi connectivity index (χ2n) is 0. The van der Waals surface area contributed by atoms with E-state index >= 15 is 0 Å². The molecule has 0 aromatic heterocycles. The van der Waals surface area contributed by atoms with Crippen LogP contribution in [0.1, 0.15) is 0 Å². The summed E-state index contributed by atoms with van der Waals surface area (Å²) < 4.78 is 0. The van der Waals surface area contributed by atoms with Gasteiger partial charge in [0.2, 0.25) is 0 Å². The quantitative estimate of drug-likeness (QED) is 0.494. The van der Waals surface area contributed by atoms with Crippen molar-refractivity contribution in [3.05, 3.63) is 0 Å². The third-order valence-electron chi connectivity index (χ3n) is 0. The molecule has 4 heavy (non-hydrogen) atoms. The van der Waals surface area contributed by atoms with Crippen LogP contribution in [-0.2, 0) is 66.8 Å². The first-order valence-corrected chi connectivity index (χ1v) is 0. The van der Waals surface area contributed by atoms with E-state index < -0.39 is 0 Å². The van der Waals surface area contributed by atoms with E-state index in [1.165, 1.54) is 0 Å². The first-order chi connectivity index (χ1) is 0. The van der Waals surface area contributed by atoms with Crippen LogP contribution in [0.3, 0.4) is 0 Å². The van der Waals surface area contributed by atoms with Crippen LogP contribution in [0.4, 0.5) is 0 Å². The van der Waals surface area contributed by atoms with Gasteiger partial charge in [-0.2, -0.15) is 0 Å². The molecule has 0 aliphatic rings. The fourth-order valence-corrected chi connectivity index (χ4v) is 0. The first-order valence-electron chi connectivity index (χ1n) is 0. The normalized spacial score (nSPS) is 0. The van der Waals surface area contributed by atoms with Crippen molar-refractivity contribution >= 4 is 17.4 Å². The maximum Gasteiger partial charge on any atom is 0 e. The van der Waals surface area contributed by atoms with Gasteiger partial charge in [0.05, 0.1) is 0 Å². The van der Waals surface area contributed by atoms with Crippen LogP contribution < -0.4 is 0 Å². The van der Waals surface area contributed by atoms with Crippen molar-refractivity contribution in [3.8, 4) is 0 Å². The Labute approximate surface area is 82.8 Å². The summed E-state index contributed by atoms with van der Waals surface area (Å²) in [6.07, 6.45) is 0. The summed E-state index contributed by atoms with van der Waals surface area (Å²) >= 11 is 0. The van der Waals surface area contributed by atoms with Crippen molar-refractivity contribution in [2.24, 2.45) is 0 Å². The Morgan fingerprint density at radius 1 is 1.00 bits per heavy atom. The van der Waals surface area contributed by atoms with Gasteiger partial charge < -0.3 is 0 Å². The fourth-order valence-electron chi connectivity index (χ4n) is 0. The minimum atomic E-state index is 0. The van der Waals surface area contributed by atoms with Crippen LogP contribution in [0.5, 0.6) is 0 Å². The van der Waals surface area contributed by atoms with Crippen molar-refractivity contribution < 1.29 is 66.8 Å². The number of hydrogen-bond acceptors (Lipinski definition) is 0. The van der Waals surface area contributed by atoms with Crippen molar-refractivity contribution in [1.82, 2.24) is 0 Å². The molecule has 0 nitrogen and oxygen atoms in total.